The maximum absolute atomic E-state index is 11.6. The van der Waals surface area contributed by atoms with E-state index in [9.17, 15) is 4.79 Å². The first-order valence-electron chi connectivity index (χ1n) is 5.94. The second-order valence-electron chi connectivity index (χ2n) is 3.72. The second kappa shape index (κ2) is 7.38. The van der Waals surface area contributed by atoms with Crippen LogP contribution < -0.4 is 10.5 Å². The van der Waals surface area contributed by atoms with Crippen LogP contribution in [-0.2, 0) is 16.1 Å². The highest BCUT2D eigenvalue weighted by molar-refractivity contribution is 9.10. The first-order valence-corrected chi connectivity index (χ1v) is 6.73. The molecule has 0 fully saturated rings. The fourth-order valence-electron chi connectivity index (χ4n) is 1.48. The summed E-state index contributed by atoms with van der Waals surface area (Å²) in [5.41, 5.74) is 6.55. The summed E-state index contributed by atoms with van der Waals surface area (Å²) in [5.74, 6) is 0.288. The lowest BCUT2D eigenvalue weighted by molar-refractivity contribution is -0.151. The monoisotopic (exact) mass is 315 g/mol. The minimum absolute atomic E-state index is 0.336. The third-order valence-corrected chi connectivity index (χ3v) is 3.21. The summed E-state index contributed by atoms with van der Waals surface area (Å²) in [4.78, 5) is 11.6. The number of nitrogens with two attached hydrogens (primary N) is 1. The van der Waals surface area contributed by atoms with E-state index in [1.807, 2.05) is 19.1 Å². The molecule has 1 aromatic rings. The summed E-state index contributed by atoms with van der Waals surface area (Å²) in [7, 11) is 0. The van der Waals surface area contributed by atoms with Crippen molar-refractivity contribution in [2.45, 2.75) is 32.9 Å². The Bertz CT molecular complexity index is 409. The van der Waals surface area contributed by atoms with Gasteiger partial charge in [-0.2, -0.15) is 0 Å². The molecule has 0 spiro atoms. The number of benzene rings is 1. The molecule has 0 aliphatic carbocycles. The van der Waals surface area contributed by atoms with Gasteiger partial charge in [0.1, 0.15) is 5.75 Å². The van der Waals surface area contributed by atoms with Gasteiger partial charge in [0.2, 0.25) is 0 Å². The fraction of sp³-hybridized carbons (Fsp3) is 0.462. The van der Waals surface area contributed by atoms with Crippen LogP contribution >= 0.6 is 15.9 Å². The fourth-order valence-corrected chi connectivity index (χ4v) is 1.89. The van der Waals surface area contributed by atoms with Crippen molar-refractivity contribution < 1.29 is 14.3 Å². The molecule has 0 radical (unpaired) electrons. The lowest BCUT2D eigenvalue weighted by Crippen LogP contribution is -2.28. The Kier molecular flexibility index (Phi) is 6.15. The zero-order valence-corrected chi connectivity index (χ0v) is 12.2. The standard InChI is InChI=1S/C13H18BrNO3/c1-3-12(13(16)17-4-2)18-10-5-6-11(14)9(7-10)8-15/h5-7,12H,3-4,8,15H2,1-2H3. The number of halogens is 1. The van der Waals surface area contributed by atoms with Gasteiger partial charge in [-0.1, -0.05) is 22.9 Å². The van der Waals surface area contributed by atoms with E-state index in [0.29, 0.717) is 25.3 Å². The molecule has 5 heteroatoms. The van der Waals surface area contributed by atoms with Crippen LogP contribution in [0.5, 0.6) is 5.75 Å². The minimum Gasteiger partial charge on any atom is -0.479 e. The lowest BCUT2D eigenvalue weighted by atomic mass is 10.2. The van der Waals surface area contributed by atoms with Crippen molar-refractivity contribution in [2.24, 2.45) is 5.73 Å². The van der Waals surface area contributed by atoms with Crippen LogP contribution in [0, 0.1) is 0 Å². The molecule has 0 heterocycles. The Hall–Kier alpha value is -1.07. The van der Waals surface area contributed by atoms with E-state index in [1.54, 1.807) is 13.0 Å². The van der Waals surface area contributed by atoms with E-state index in [-0.39, 0.29) is 5.97 Å². The molecule has 0 aromatic heterocycles. The van der Waals surface area contributed by atoms with Gasteiger partial charge in [0.25, 0.3) is 0 Å². The van der Waals surface area contributed by atoms with Gasteiger partial charge in [0, 0.05) is 11.0 Å². The summed E-state index contributed by atoms with van der Waals surface area (Å²) < 4.78 is 11.5. The molecule has 0 saturated heterocycles. The summed E-state index contributed by atoms with van der Waals surface area (Å²) in [6, 6.07) is 5.48. The summed E-state index contributed by atoms with van der Waals surface area (Å²) in [5, 5.41) is 0. The predicted octanol–water partition coefficient (Wildman–Crippen LogP) is 2.63. The summed E-state index contributed by atoms with van der Waals surface area (Å²) in [6.45, 7) is 4.42. The first kappa shape index (κ1) is 15.0. The van der Waals surface area contributed by atoms with Crippen molar-refractivity contribution >= 4 is 21.9 Å². The third-order valence-electron chi connectivity index (χ3n) is 2.44. The van der Waals surface area contributed by atoms with Crippen molar-refractivity contribution in [2.75, 3.05) is 6.61 Å². The Morgan fingerprint density at radius 3 is 2.72 bits per heavy atom. The van der Waals surface area contributed by atoms with Crippen LogP contribution in [-0.4, -0.2) is 18.7 Å². The number of carbonyl (C=O) groups excluding carboxylic acids is 1. The van der Waals surface area contributed by atoms with E-state index in [1.165, 1.54) is 0 Å². The molecule has 100 valence electrons. The quantitative estimate of drug-likeness (QED) is 0.820. The number of ether oxygens (including phenoxy) is 2. The molecular formula is C13H18BrNO3. The van der Waals surface area contributed by atoms with Crippen LogP contribution in [0.1, 0.15) is 25.8 Å². The van der Waals surface area contributed by atoms with Crippen LogP contribution in [0.2, 0.25) is 0 Å². The highest BCUT2D eigenvalue weighted by Gasteiger charge is 2.19. The Morgan fingerprint density at radius 1 is 1.44 bits per heavy atom. The Morgan fingerprint density at radius 2 is 2.17 bits per heavy atom. The van der Waals surface area contributed by atoms with Gasteiger partial charge < -0.3 is 15.2 Å². The number of hydrogen-bond donors (Lipinski definition) is 1. The topological polar surface area (TPSA) is 61.5 Å². The van der Waals surface area contributed by atoms with Gasteiger partial charge in [-0.05, 0) is 37.1 Å². The van der Waals surface area contributed by atoms with Crippen molar-refractivity contribution in [3.63, 3.8) is 0 Å². The Labute approximate surface area is 116 Å². The van der Waals surface area contributed by atoms with E-state index in [4.69, 9.17) is 15.2 Å². The van der Waals surface area contributed by atoms with E-state index < -0.39 is 6.10 Å². The van der Waals surface area contributed by atoms with Crippen molar-refractivity contribution in [3.05, 3.63) is 28.2 Å². The van der Waals surface area contributed by atoms with Gasteiger partial charge in [-0.15, -0.1) is 0 Å². The van der Waals surface area contributed by atoms with Crippen molar-refractivity contribution in [3.8, 4) is 5.75 Å². The first-order chi connectivity index (χ1) is 8.62. The van der Waals surface area contributed by atoms with Gasteiger partial charge in [-0.3, -0.25) is 0 Å². The van der Waals surface area contributed by atoms with Gasteiger partial charge in [0.15, 0.2) is 6.10 Å². The zero-order chi connectivity index (χ0) is 13.5. The van der Waals surface area contributed by atoms with Crippen molar-refractivity contribution in [1.29, 1.82) is 0 Å². The number of carbonyl (C=O) groups is 1. The summed E-state index contributed by atoms with van der Waals surface area (Å²) >= 11 is 3.40. The van der Waals surface area contributed by atoms with Crippen LogP contribution in [0.15, 0.2) is 22.7 Å². The molecule has 0 aliphatic rings. The molecule has 4 nitrogen and oxygen atoms in total. The van der Waals surface area contributed by atoms with E-state index in [0.717, 1.165) is 10.0 Å². The van der Waals surface area contributed by atoms with E-state index >= 15 is 0 Å². The van der Waals surface area contributed by atoms with Crippen molar-refractivity contribution in [1.82, 2.24) is 0 Å². The molecule has 18 heavy (non-hydrogen) atoms. The maximum atomic E-state index is 11.6. The highest BCUT2D eigenvalue weighted by Crippen LogP contribution is 2.23. The molecule has 1 aromatic carbocycles. The van der Waals surface area contributed by atoms with E-state index in [2.05, 4.69) is 15.9 Å². The van der Waals surface area contributed by atoms with Crippen LogP contribution in [0.25, 0.3) is 0 Å². The lowest BCUT2D eigenvalue weighted by Gasteiger charge is -2.16. The van der Waals surface area contributed by atoms with Crippen LogP contribution in [0.3, 0.4) is 0 Å². The molecule has 0 bridgehead atoms. The minimum atomic E-state index is -0.572. The van der Waals surface area contributed by atoms with Gasteiger partial charge >= 0.3 is 5.97 Å². The molecule has 2 N–H and O–H groups in total. The predicted molar refractivity (Wildman–Crippen MR) is 73.4 cm³/mol. The molecule has 1 rings (SSSR count). The second-order valence-corrected chi connectivity index (χ2v) is 4.58. The normalized spacial score (nSPS) is 12.0. The Balaban J connectivity index is 2.78. The van der Waals surface area contributed by atoms with Crippen LogP contribution in [0.4, 0.5) is 0 Å². The van der Waals surface area contributed by atoms with Gasteiger partial charge in [0.05, 0.1) is 6.61 Å². The SMILES string of the molecule is CCOC(=O)C(CC)Oc1ccc(Br)c(CN)c1. The molecular weight excluding hydrogens is 298 g/mol. The molecule has 1 atom stereocenters. The number of hydrogen-bond acceptors (Lipinski definition) is 4. The number of rotatable bonds is 6. The molecule has 0 aliphatic heterocycles. The third kappa shape index (κ3) is 3.99. The number of esters is 1. The van der Waals surface area contributed by atoms with Gasteiger partial charge in [-0.25, -0.2) is 4.79 Å². The smallest absolute Gasteiger partial charge is 0.347 e. The average molecular weight is 316 g/mol. The highest BCUT2D eigenvalue weighted by atomic mass is 79.9. The molecule has 0 saturated carbocycles. The average Bonchev–Trinajstić information content (AvgIpc) is 2.37. The zero-order valence-electron chi connectivity index (χ0n) is 10.6. The molecule has 0 amide bonds. The molecule has 1 unspecified atom stereocenters. The largest absolute Gasteiger partial charge is 0.479 e. The summed E-state index contributed by atoms with van der Waals surface area (Å²) in [6.07, 6.45) is -0.0101. The maximum Gasteiger partial charge on any atom is 0.347 e.